The topological polar surface area (TPSA) is 76.6 Å². The molecule has 1 amide bonds. The Morgan fingerprint density at radius 3 is 2.71 bits per heavy atom. The van der Waals surface area contributed by atoms with Gasteiger partial charge in [0.05, 0.1) is 13.7 Å². The molecule has 7 heteroatoms. The predicted octanol–water partition coefficient (Wildman–Crippen LogP) is 2.84. The molecule has 2 aromatic rings. The van der Waals surface area contributed by atoms with E-state index >= 15 is 0 Å². The number of carbonyl (C=O) groups is 1. The molecule has 0 spiro atoms. The summed E-state index contributed by atoms with van der Waals surface area (Å²) in [6.07, 6.45) is 2.35. The van der Waals surface area contributed by atoms with Gasteiger partial charge in [-0.3, -0.25) is 4.79 Å². The maximum atomic E-state index is 12.5. The van der Waals surface area contributed by atoms with Gasteiger partial charge in [-0.15, -0.1) is 0 Å². The Hall–Kier alpha value is -2.83. The lowest BCUT2D eigenvalue weighted by atomic mass is 10.0. The number of carbonyl (C=O) groups excluding carboxylic acids is 1. The molecule has 1 fully saturated rings. The van der Waals surface area contributed by atoms with Crippen molar-refractivity contribution in [3.8, 4) is 11.5 Å². The summed E-state index contributed by atoms with van der Waals surface area (Å²) in [7, 11) is 1.62. The minimum Gasteiger partial charge on any atom is -0.497 e. The van der Waals surface area contributed by atoms with Crippen molar-refractivity contribution >= 4 is 11.9 Å². The standard InChI is InChI=1S/C21H28N4O3/c1-15-5-4-11-25(14-15)21-23-16(2)13-19(24-21)20(26)22-10-12-28-18-8-6-17(27-3)7-9-18/h6-9,13,15H,4-5,10-12,14H2,1-3H3,(H,22,26). The molecule has 0 bridgehead atoms. The van der Waals surface area contributed by atoms with Gasteiger partial charge in [-0.1, -0.05) is 6.92 Å². The molecule has 0 aliphatic carbocycles. The fourth-order valence-corrected chi connectivity index (χ4v) is 3.28. The predicted molar refractivity (Wildman–Crippen MR) is 108 cm³/mol. The monoisotopic (exact) mass is 384 g/mol. The smallest absolute Gasteiger partial charge is 0.270 e. The van der Waals surface area contributed by atoms with Gasteiger partial charge in [-0.2, -0.15) is 0 Å². The summed E-state index contributed by atoms with van der Waals surface area (Å²) in [6.45, 7) is 6.76. The summed E-state index contributed by atoms with van der Waals surface area (Å²) in [5.74, 6) is 2.56. The van der Waals surface area contributed by atoms with E-state index in [1.807, 2.05) is 31.2 Å². The number of nitrogens with one attached hydrogen (secondary N) is 1. The van der Waals surface area contributed by atoms with Crippen molar-refractivity contribution in [2.24, 2.45) is 5.92 Å². The lowest BCUT2D eigenvalue weighted by molar-refractivity contribution is 0.0941. The van der Waals surface area contributed by atoms with E-state index in [1.54, 1.807) is 13.2 Å². The van der Waals surface area contributed by atoms with E-state index in [0.29, 0.717) is 30.7 Å². The molecule has 1 N–H and O–H groups in total. The van der Waals surface area contributed by atoms with Crippen LogP contribution in [0, 0.1) is 12.8 Å². The third-order valence-corrected chi connectivity index (χ3v) is 4.73. The van der Waals surface area contributed by atoms with Crippen molar-refractivity contribution in [3.05, 3.63) is 41.7 Å². The van der Waals surface area contributed by atoms with E-state index in [0.717, 1.165) is 36.7 Å². The van der Waals surface area contributed by atoms with Gasteiger partial charge in [0.2, 0.25) is 5.95 Å². The van der Waals surface area contributed by atoms with Crippen LogP contribution in [0.5, 0.6) is 11.5 Å². The van der Waals surface area contributed by atoms with Gasteiger partial charge < -0.3 is 19.7 Å². The molecule has 3 rings (SSSR count). The number of benzene rings is 1. The maximum Gasteiger partial charge on any atom is 0.270 e. The minimum atomic E-state index is -0.213. The Labute approximate surface area is 166 Å². The molecule has 1 unspecified atom stereocenters. The molecule has 150 valence electrons. The summed E-state index contributed by atoms with van der Waals surface area (Å²) >= 11 is 0. The van der Waals surface area contributed by atoms with E-state index in [1.165, 1.54) is 6.42 Å². The fourth-order valence-electron chi connectivity index (χ4n) is 3.28. The second kappa shape index (κ2) is 9.39. The third kappa shape index (κ3) is 5.34. The number of nitrogens with zero attached hydrogens (tertiary/aromatic N) is 3. The zero-order chi connectivity index (χ0) is 19.9. The van der Waals surface area contributed by atoms with Crippen LogP contribution in [-0.4, -0.2) is 49.2 Å². The molecule has 0 saturated carbocycles. The molecular formula is C21H28N4O3. The average molecular weight is 384 g/mol. The normalized spacial score (nSPS) is 16.5. The van der Waals surface area contributed by atoms with Crippen molar-refractivity contribution < 1.29 is 14.3 Å². The zero-order valence-corrected chi connectivity index (χ0v) is 16.8. The first-order valence-corrected chi connectivity index (χ1v) is 9.71. The highest BCUT2D eigenvalue weighted by molar-refractivity contribution is 5.92. The van der Waals surface area contributed by atoms with Gasteiger partial charge in [0.15, 0.2) is 0 Å². The highest BCUT2D eigenvalue weighted by Crippen LogP contribution is 2.20. The molecule has 1 aromatic carbocycles. The number of piperidine rings is 1. The Morgan fingerprint density at radius 1 is 1.25 bits per heavy atom. The second-order valence-corrected chi connectivity index (χ2v) is 7.17. The first-order valence-electron chi connectivity index (χ1n) is 9.71. The molecule has 1 aromatic heterocycles. The second-order valence-electron chi connectivity index (χ2n) is 7.17. The molecule has 1 aliphatic rings. The molecular weight excluding hydrogens is 356 g/mol. The van der Waals surface area contributed by atoms with Gasteiger partial charge >= 0.3 is 0 Å². The Bertz CT molecular complexity index is 795. The van der Waals surface area contributed by atoms with Crippen LogP contribution >= 0.6 is 0 Å². The quantitative estimate of drug-likeness (QED) is 0.740. The van der Waals surface area contributed by atoms with Crippen LogP contribution < -0.4 is 19.7 Å². The number of ether oxygens (including phenoxy) is 2. The highest BCUT2D eigenvalue weighted by Gasteiger charge is 2.20. The number of aromatic nitrogens is 2. The molecule has 28 heavy (non-hydrogen) atoms. The van der Waals surface area contributed by atoms with Crippen LogP contribution in [0.1, 0.15) is 35.9 Å². The van der Waals surface area contributed by atoms with Crippen LogP contribution in [0.3, 0.4) is 0 Å². The minimum absolute atomic E-state index is 0.213. The van der Waals surface area contributed by atoms with Crippen LogP contribution in [0.15, 0.2) is 30.3 Å². The number of hydrogen-bond acceptors (Lipinski definition) is 6. The summed E-state index contributed by atoms with van der Waals surface area (Å²) < 4.78 is 10.8. The number of methoxy groups -OCH3 is 1. The van der Waals surface area contributed by atoms with Gasteiger partial charge in [0, 0.05) is 18.8 Å². The van der Waals surface area contributed by atoms with Gasteiger partial charge in [0.1, 0.15) is 23.8 Å². The summed E-state index contributed by atoms with van der Waals surface area (Å²) in [5, 5.41) is 2.86. The number of anilines is 1. The first kappa shape index (κ1) is 19.9. The summed E-state index contributed by atoms with van der Waals surface area (Å²) in [6, 6.07) is 9.05. The van der Waals surface area contributed by atoms with Crippen molar-refractivity contribution in [1.82, 2.24) is 15.3 Å². The van der Waals surface area contributed by atoms with Gasteiger partial charge in [-0.25, -0.2) is 9.97 Å². The number of rotatable bonds is 7. The fraction of sp³-hybridized carbons (Fsp3) is 0.476. The SMILES string of the molecule is COc1ccc(OCCNC(=O)c2cc(C)nc(N3CCCC(C)C3)n2)cc1. The Kier molecular flexibility index (Phi) is 6.68. The number of aryl methyl sites for hydroxylation is 1. The molecule has 0 radical (unpaired) electrons. The molecule has 1 aliphatic heterocycles. The lowest BCUT2D eigenvalue weighted by Gasteiger charge is -2.31. The van der Waals surface area contributed by atoms with E-state index in [9.17, 15) is 4.79 Å². The lowest BCUT2D eigenvalue weighted by Crippen LogP contribution is -2.36. The molecule has 7 nitrogen and oxygen atoms in total. The summed E-state index contributed by atoms with van der Waals surface area (Å²) in [4.78, 5) is 23.7. The van der Waals surface area contributed by atoms with E-state index in [2.05, 4.69) is 27.1 Å². The van der Waals surface area contributed by atoms with Crippen LogP contribution in [0.25, 0.3) is 0 Å². The molecule has 2 heterocycles. The largest absolute Gasteiger partial charge is 0.497 e. The van der Waals surface area contributed by atoms with Crippen LogP contribution in [0.2, 0.25) is 0 Å². The first-order chi connectivity index (χ1) is 13.5. The van der Waals surface area contributed by atoms with Gasteiger partial charge in [-0.05, 0) is 56.0 Å². The number of amides is 1. The van der Waals surface area contributed by atoms with Crippen molar-refractivity contribution in [2.75, 3.05) is 38.3 Å². The van der Waals surface area contributed by atoms with Crippen molar-refractivity contribution in [2.45, 2.75) is 26.7 Å². The Balaban J connectivity index is 1.53. The number of hydrogen-bond donors (Lipinski definition) is 1. The maximum absolute atomic E-state index is 12.5. The average Bonchev–Trinajstić information content (AvgIpc) is 2.71. The van der Waals surface area contributed by atoms with Crippen molar-refractivity contribution in [3.63, 3.8) is 0 Å². The van der Waals surface area contributed by atoms with Gasteiger partial charge in [0.25, 0.3) is 5.91 Å². The van der Waals surface area contributed by atoms with Crippen LogP contribution in [-0.2, 0) is 0 Å². The molecule has 1 atom stereocenters. The summed E-state index contributed by atoms with van der Waals surface area (Å²) in [5.41, 5.74) is 1.19. The molecule has 1 saturated heterocycles. The van der Waals surface area contributed by atoms with E-state index in [4.69, 9.17) is 9.47 Å². The Morgan fingerprint density at radius 2 is 2.00 bits per heavy atom. The van der Waals surface area contributed by atoms with E-state index in [-0.39, 0.29) is 5.91 Å². The van der Waals surface area contributed by atoms with Crippen LogP contribution in [0.4, 0.5) is 5.95 Å². The third-order valence-electron chi connectivity index (χ3n) is 4.73. The zero-order valence-electron chi connectivity index (χ0n) is 16.8. The van der Waals surface area contributed by atoms with Crippen molar-refractivity contribution in [1.29, 1.82) is 0 Å². The van der Waals surface area contributed by atoms with E-state index < -0.39 is 0 Å². The highest BCUT2D eigenvalue weighted by atomic mass is 16.5.